The monoisotopic (exact) mass is 398 g/mol. The van der Waals surface area contributed by atoms with Crippen LogP contribution >= 0.6 is 0 Å². The lowest BCUT2D eigenvalue weighted by Gasteiger charge is -2.30. The molecule has 0 radical (unpaired) electrons. The van der Waals surface area contributed by atoms with Crippen molar-refractivity contribution in [1.82, 2.24) is 0 Å². The molecule has 0 atom stereocenters. The third-order valence-corrected chi connectivity index (χ3v) is 6.82. The number of anilines is 2. The van der Waals surface area contributed by atoms with E-state index in [0.717, 1.165) is 55.3 Å². The summed E-state index contributed by atoms with van der Waals surface area (Å²) < 4.78 is 28.2. The lowest BCUT2D eigenvalue weighted by Crippen LogP contribution is -2.36. The zero-order chi connectivity index (χ0) is 19.7. The SMILES string of the molecule is CCCc1ccc(S(=O)(=O)Nc2ccc3c(c2)N(C(=O)C2CC2)CCC3)cc1. The Morgan fingerprint density at radius 1 is 1.14 bits per heavy atom. The second-order valence-electron chi connectivity index (χ2n) is 7.71. The molecule has 148 valence electrons. The van der Waals surface area contributed by atoms with E-state index in [1.807, 2.05) is 23.1 Å². The van der Waals surface area contributed by atoms with E-state index in [1.165, 1.54) is 0 Å². The number of hydrogen-bond acceptors (Lipinski definition) is 3. The van der Waals surface area contributed by atoms with E-state index in [-0.39, 0.29) is 16.7 Å². The first-order chi connectivity index (χ1) is 13.5. The van der Waals surface area contributed by atoms with E-state index in [2.05, 4.69) is 11.6 Å². The van der Waals surface area contributed by atoms with Gasteiger partial charge in [-0.05, 0) is 67.5 Å². The summed E-state index contributed by atoms with van der Waals surface area (Å²) in [6.45, 7) is 2.80. The average Bonchev–Trinajstić information content (AvgIpc) is 3.53. The molecular formula is C22H26N2O3S. The molecule has 28 heavy (non-hydrogen) atoms. The number of benzene rings is 2. The molecule has 5 nitrogen and oxygen atoms in total. The highest BCUT2D eigenvalue weighted by atomic mass is 32.2. The largest absolute Gasteiger partial charge is 0.312 e. The number of carbonyl (C=O) groups is 1. The number of carbonyl (C=O) groups excluding carboxylic acids is 1. The average molecular weight is 399 g/mol. The number of fused-ring (bicyclic) bond motifs is 1. The van der Waals surface area contributed by atoms with Gasteiger partial charge in [0.25, 0.3) is 10.0 Å². The number of nitrogens with zero attached hydrogens (tertiary/aromatic N) is 1. The highest BCUT2D eigenvalue weighted by Crippen LogP contribution is 2.37. The lowest BCUT2D eigenvalue weighted by atomic mass is 10.0. The molecule has 0 aromatic heterocycles. The van der Waals surface area contributed by atoms with Crippen molar-refractivity contribution < 1.29 is 13.2 Å². The van der Waals surface area contributed by atoms with Gasteiger partial charge >= 0.3 is 0 Å². The standard InChI is InChI=1S/C22H26N2O3S/c1-2-4-16-6-12-20(13-7-16)28(26,27)23-19-11-10-17-5-3-14-24(21(17)15-19)22(25)18-8-9-18/h6-7,10-13,15,18,23H,2-5,8-9,14H2,1H3. The minimum Gasteiger partial charge on any atom is -0.312 e. The van der Waals surface area contributed by atoms with Crippen LogP contribution in [0.15, 0.2) is 47.4 Å². The number of hydrogen-bond donors (Lipinski definition) is 1. The number of amides is 1. The van der Waals surface area contributed by atoms with Crippen molar-refractivity contribution in [1.29, 1.82) is 0 Å². The summed E-state index contributed by atoms with van der Waals surface area (Å²) in [4.78, 5) is 14.7. The Kier molecular flexibility index (Phi) is 5.15. The van der Waals surface area contributed by atoms with Gasteiger partial charge in [0.1, 0.15) is 0 Å². The molecule has 2 aliphatic rings. The zero-order valence-corrected chi connectivity index (χ0v) is 17.0. The van der Waals surface area contributed by atoms with Crippen LogP contribution in [0.5, 0.6) is 0 Å². The van der Waals surface area contributed by atoms with Crippen molar-refractivity contribution in [3.05, 3.63) is 53.6 Å². The van der Waals surface area contributed by atoms with Crippen molar-refractivity contribution in [3.8, 4) is 0 Å². The molecule has 2 aromatic carbocycles. The predicted octanol–water partition coefficient (Wildman–Crippen LogP) is 4.13. The second-order valence-corrected chi connectivity index (χ2v) is 9.39. The summed E-state index contributed by atoms with van der Waals surface area (Å²) in [6, 6.07) is 12.5. The van der Waals surface area contributed by atoms with Crippen LogP contribution in [-0.2, 0) is 27.7 Å². The maximum absolute atomic E-state index is 12.8. The van der Waals surface area contributed by atoms with Gasteiger partial charge in [-0.1, -0.05) is 31.5 Å². The molecule has 4 rings (SSSR count). The smallest absolute Gasteiger partial charge is 0.261 e. The number of sulfonamides is 1. The summed E-state index contributed by atoms with van der Waals surface area (Å²) in [6.07, 6.45) is 5.74. The number of aryl methyl sites for hydroxylation is 2. The van der Waals surface area contributed by atoms with Gasteiger partial charge in [0.15, 0.2) is 0 Å². The molecule has 1 amide bonds. The molecule has 1 aliphatic carbocycles. The van der Waals surface area contributed by atoms with E-state index in [4.69, 9.17) is 0 Å². The van der Waals surface area contributed by atoms with Crippen LogP contribution in [0.3, 0.4) is 0 Å². The predicted molar refractivity (Wildman–Crippen MR) is 111 cm³/mol. The highest BCUT2D eigenvalue weighted by Gasteiger charge is 2.35. The highest BCUT2D eigenvalue weighted by molar-refractivity contribution is 7.92. The first-order valence-electron chi connectivity index (χ1n) is 10.0. The Morgan fingerprint density at radius 3 is 2.57 bits per heavy atom. The molecule has 1 fully saturated rings. The first kappa shape index (κ1) is 19.0. The van der Waals surface area contributed by atoms with E-state index < -0.39 is 10.0 Å². The molecule has 0 bridgehead atoms. The molecule has 2 aromatic rings. The van der Waals surface area contributed by atoms with Crippen molar-refractivity contribution in [3.63, 3.8) is 0 Å². The van der Waals surface area contributed by atoms with Crippen molar-refractivity contribution in [2.24, 2.45) is 5.92 Å². The van der Waals surface area contributed by atoms with Gasteiger partial charge in [-0.15, -0.1) is 0 Å². The maximum Gasteiger partial charge on any atom is 0.261 e. The Bertz CT molecular complexity index is 979. The summed E-state index contributed by atoms with van der Waals surface area (Å²) in [7, 11) is -3.67. The first-order valence-corrected chi connectivity index (χ1v) is 11.5. The van der Waals surface area contributed by atoms with Gasteiger partial charge in [0.2, 0.25) is 5.91 Å². The van der Waals surface area contributed by atoms with Gasteiger partial charge in [-0.2, -0.15) is 0 Å². The minimum atomic E-state index is -3.67. The third kappa shape index (κ3) is 3.92. The van der Waals surface area contributed by atoms with Gasteiger partial charge in [0, 0.05) is 18.2 Å². The van der Waals surface area contributed by atoms with Crippen LogP contribution < -0.4 is 9.62 Å². The van der Waals surface area contributed by atoms with Crippen LogP contribution in [0.4, 0.5) is 11.4 Å². The lowest BCUT2D eigenvalue weighted by molar-refractivity contribution is -0.119. The number of nitrogens with one attached hydrogen (secondary N) is 1. The van der Waals surface area contributed by atoms with Gasteiger partial charge in [-0.3, -0.25) is 9.52 Å². The molecule has 0 unspecified atom stereocenters. The Labute approximate surface area is 166 Å². The summed E-state index contributed by atoms with van der Waals surface area (Å²) in [5, 5.41) is 0. The molecule has 1 saturated carbocycles. The quantitative estimate of drug-likeness (QED) is 0.796. The van der Waals surface area contributed by atoms with Crippen LogP contribution in [0.25, 0.3) is 0 Å². The van der Waals surface area contributed by atoms with E-state index in [0.29, 0.717) is 12.2 Å². The fourth-order valence-corrected chi connectivity index (χ4v) is 4.81. The second kappa shape index (κ2) is 7.59. The van der Waals surface area contributed by atoms with E-state index >= 15 is 0 Å². The van der Waals surface area contributed by atoms with Crippen LogP contribution in [0.2, 0.25) is 0 Å². The van der Waals surface area contributed by atoms with Crippen LogP contribution in [-0.4, -0.2) is 20.9 Å². The van der Waals surface area contributed by atoms with Crippen LogP contribution in [0, 0.1) is 5.92 Å². The number of rotatable bonds is 6. The summed E-state index contributed by atoms with van der Waals surface area (Å²) in [5.41, 5.74) is 3.57. The van der Waals surface area contributed by atoms with Crippen molar-refractivity contribution in [2.75, 3.05) is 16.2 Å². The van der Waals surface area contributed by atoms with Crippen LogP contribution in [0.1, 0.15) is 43.7 Å². The Morgan fingerprint density at radius 2 is 1.89 bits per heavy atom. The normalized spacial score (nSPS) is 16.5. The fourth-order valence-electron chi connectivity index (χ4n) is 3.76. The van der Waals surface area contributed by atoms with Gasteiger partial charge < -0.3 is 4.90 Å². The Balaban J connectivity index is 1.57. The zero-order valence-electron chi connectivity index (χ0n) is 16.1. The van der Waals surface area contributed by atoms with Gasteiger partial charge in [-0.25, -0.2) is 8.42 Å². The Hall–Kier alpha value is -2.34. The molecule has 1 heterocycles. The third-order valence-electron chi connectivity index (χ3n) is 5.42. The molecule has 1 N–H and O–H groups in total. The molecule has 6 heteroatoms. The molecule has 1 aliphatic heterocycles. The minimum absolute atomic E-state index is 0.146. The molecular weight excluding hydrogens is 372 g/mol. The fraction of sp³-hybridized carbons (Fsp3) is 0.409. The van der Waals surface area contributed by atoms with E-state index in [1.54, 1.807) is 24.3 Å². The maximum atomic E-state index is 12.8. The van der Waals surface area contributed by atoms with Crippen molar-refractivity contribution >= 4 is 27.3 Å². The summed E-state index contributed by atoms with van der Waals surface area (Å²) >= 11 is 0. The van der Waals surface area contributed by atoms with Crippen molar-refractivity contribution in [2.45, 2.75) is 50.3 Å². The van der Waals surface area contributed by atoms with E-state index in [9.17, 15) is 13.2 Å². The molecule has 0 spiro atoms. The van der Waals surface area contributed by atoms with Gasteiger partial charge in [0.05, 0.1) is 10.6 Å². The topological polar surface area (TPSA) is 66.5 Å². The molecule has 0 saturated heterocycles. The summed E-state index contributed by atoms with van der Waals surface area (Å²) in [5.74, 6) is 0.320.